The zero-order valence-corrected chi connectivity index (χ0v) is 24.1. The number of phenolic OH excluding ortho intramolecular Hbond substituents is 2. The van der Waals surface area contributed by atoms with Gasteiger partial charge in [0.25, 0.3) is 0 Å². The van der Waals surface area contributed by atoms with E-state index in [1.54, 1.807) is 12.1 Å². The lowest BCUT2D eigenvalue weighted by atomic mass is 9.91. The molecule has 2 N–H and O–H groups in total. The van der Waals surface area contributed by atoms with E-state index in [0.717, 1.165) is 22.3 Å². The Hall–Kier alpha value is -5.74. The number of hydrogen-bond acceptors (Lipinski definition) is 4. The van der Waals surface area contributed by atoms with Crippen molar-refractivity contribution in [3.05, 3.63) is 203 Å². The minimum Gasteiger partial charge on any atom is -0.507 e. The first-order chi connectivity index (χ1) is 21.7. The van der Waals surface area contributed by atoms with Crippen LogP contribution in [0.4, 0.5) is 0 Å². The third kappa shape index (κ3) is 6.35. The Labute approximate surface area is 258 Å². The van der Waals surface area contributed by atoms with E-state index in [0.29, 0.717) is 22.6 Å². The van der Waals surface area contributed by atoms with E-state index >= 15 is 0 Å². The first-order valence-corrected chi connectivity index (χ1v) is 14.6. The van der Waals surface area contributed by atoms with Gasteiger partial charge in [0.05, 0.1) is 11.4 Å². The highest BCUT2D eigenvalue weighted by Gasteiger charge is 2.27. The number of phenols is 2. The van der Waals surface area contributed by atoms with Crippen LogP contribution in [0.15, 0.2) is 180 Å². The second kappa shape index (κ2) is 13.5. The van der Waals surface area contributed by atoms with Gasteiger partial charge in [-0.05, 0) is 35.4 Å². The van der Waals surface area contributed by atoms with Gasteiger partial charge < -0.3 is 10.2 Å². The normalized spacial score (nSPS) is 13.3. The molecule has 6 aromatic rings. The smallest absolute Gasteiger partial charge is 0.124 e. The van der Waals surface area contributed by atoms with Crippen LogP contribution in [-0.4, -0.2) is 21.6 Å². The molecule has 2 atom stereocenters. The van der Waals surface area contributed by atoms with Crippen molar-refractivity contribution in [1.29, 1.82) is 0 Å². The molecule has 0 aliphatic carbocycles. The molecule has 214 valence electrons. The summed E-state index contributed by atoms with van der Waals surface area (Å²) in [4.78, 5) is 10.9. The minimum absolute atomic E-state index is 0.154. The highest BCUT2D eigenvalue weighted by atomic mass is 16.3. The van der Waals surface area contributed by atoms with E-state index in [2.05, 4.69) is 24.3 Å². The molecule has 6 rings (SSSR count). The average molecular weight is 573 g/mol. The minimum atomic E-state index is -0.488. The lowest BCUT2D eigenvalue weighted by molar-refractivity contribution is 0.473. The Bertz CT molecular complexity index is 1730. The Morgan fingerprint density at radius 2 is 0.659 bits per heavy atom. The van der Waals surface area contributed by atoms with Gasteiger partial charge in [0.15, 0.2) is 0 Å². The van der Waals surface area contributed by atoms with E-state index in [1.807, 2.05) is 133 Å². The molecular weight excluding hydrogens is 540 g/mol. The zero-order chi connectivity index (χ0) is 30.1. The largest absolute Gasteiger partial charge is 0.507 e. The number of nitrogens with zero attached hydrogens (tertiary/aromatic N) is 2. The topological polar surface area (TPSA) is 65.2 Å². The second-order valence-electron chi connectivity index (χ2n) is 10.4. The summed E-state index contributed by atoms with van der Waals surface area (Å²) in [5, 5.41) is 22.0. The SMILES string of the molecule is Oc1ccccc1C(=N[C@@H](c1ccccc1)[C@@H](N=C(c1ccccc1)c1ccccc1O)c1ccccc1)c1ccccc1. The number of benzene rings is 6. The summed E-state index contributed by atoms with van der Waals surface area (Å²) in [7, 11) is 0. The molecule has 0 aromatic heterocycles. The van der Waals surface area contributed by atoms with Gasteiger partial charge in [-0.2, -0.15) is 0 Å². The molecule has 0 radical (unpaired) electrons. The van der Waals surface area contributed by atoms with Gasteiger partial charge in [0.2, 0.25) is 0 Å². The fourth-order valence-electron chi connectivity index (χ4n) is 5.37. The van der Waals surface area contributed by atoms with Gasteiger partial charge >= 0.3 is 0 Å². The predicted octanol–water partition coefficient (Wildman–Crippen LogP) is 8.96. The van der Waals surface area contributed by atoms with Crippen LogP contribution >= 0.6 is 0 Å². The van der Waals surface area contributed by atoms with Crippen LogP contribution in [0.5, 0.6) is 11.5 Å². The first-order valence-electron chi connectivity index (χ1n) is 14.6. The molecule has 0 heterocycles. The van der Waals surface area contributed by atoms with Crippen molar-refractivity contribution >= 4 is 11.4 Å². The van der Waals surface area contributed by atoms with Crippen molar-refractivity contribution in [3.63, 3.8) is 0 Å². The van der Waals surface area contributed by atoms with E-state index < -0.39 is 12.1 Å². The Morgan fingerprint density at radius 1 is 0.364 bits per heavy atom. The molecule has 0 bridgehead atoms. The summed E-state index contributed by atoms with van der Waals surface area (Å²) >= 11 is 0. The van der Waals surface area contributed by atoms with Crippen molar-refractivity contribution in [1.82, 2.24) is 0 Å². The third-order valence-corrected chi connectivity index (χ3v) is 7.53. The fourth-order valence-corrected chi connectivity index (χ4v) is 5.37. The van der Waals surface area contributed by atoms with Crippen LogP contribution < -0.4 is 0 Å². The number of para-hydroxylation sites is 2. The molecule has 6 aromatic carbocycles. The number of rotatable bonds is 9. The van der Waals surface area contributed by atoms with Gasteiger partial charge in [-0.15, -0.1) is 0 Å². The van der Waals surface area contributed by atoms with E-state index in [-0.39, 0.29) is 11.5 Å². The molecule has 0 unspecified atom stereocenters. The molecule has 0 aliphatic rings. The fraction of sp³-hybridized carbons (Fsp3) is 0.0500. The summed E-state index contributed by atoms with van der Waals surface area (Å²) in [6.07, 6.45) is 0. The summed E-state index contributed by atoms with van der Waals surface area (Å²) < 4.78 is 0. The quantitative estimate of drug-likeness (QED) is 0.170. The highest BCUT2D eigenvalue weighted by Crippen LogP contribution is 2.39. The van der Waals surface area contributed by atoms with Crippen molar-refractivity contribution < 1.29 is 10.2 Å². The van der Waals surface area contributed by atoms with Crippen molar-refractivity contribution in [2.45, 2.75) is 12.1 Å². The molecule has 4 heteroatoms. The molecule has 0 amide bonds. The van der Waals surface area contributed by atoms with Gasteiger partial charge in [-0.25, -0.2) is 0 Å². The van der Waals surface area contributed by atoms with E-state index in [9.17, 15) is 10.2 Å². The maximum atomic E-state index is 11.0. The number of hydrogen-bond donors (Lipinski definition) is 2. The monoisotopic (exact) mass is 572 g/mol. The maximum Gasteiger partial charge on any atom is 0.124 e. The summed E-state index contributed by atoms with van der Waals surface area (Å²) in [6, 6.07) is 53.7. The van der Waals surface area contributed by atoms with E-state index in [4.69, 9.17) is 9.98 Å². The van der Waals surface area contributed by atoms with Gasteiger partial charge in [0, 0.05) is 22.3 Å². The zero-order valence-electron chi connectivity index (χ0n) is 24.1. The van der Waals surface area contributed by atoms with Gasteiger partial charge in [-0.3, -0.25) is 9.98 Å². The predicted molar refractivity (Wildman–Crippen MR) is 179 cm³/mol. The van der Waals surface area contributed by atoms with Crippen molar-refractivity contribution in [2.75, 3.05) is 0 Å². The van der Waals surface area contributed by atoms with E-state index in [1.165, 1.54) is 0 Å². The van der Waals surface area contributed by atoms with Crippen LogP contribution in [0.2, 0.25) is 0 Å². The van der Waals surface area contributed by atoms with Gasteiger partial charge in [0.1, 0.15) is 23.6 Å². The maximum absolute atomic E-state index is 11.0. The van der Waals surface area contributed by atoms with Crippen molar-refractivity contribution in [2.24, 2.45) is 9.98 Å². The Morgan fingerprint density at radius 3 is 1.00 bits per heavy atom. The number of aromatic hydroxyl groups is 2. The summed E-state index contributed by atoms with van der Waals surface area (Å²) in [5.41, 5.74) is 6.32. The third-order valence-electron chi connectivity index (χ3n) is 7.53. The lowest BCUT2D eigenvalue weighted by Crippen LogP contribution is -2.16. The summed E-state index contributed by atoms with van der Waals surface area (Å²) in [6.45, 7) is 0. The molecule has 0 saturated heterocycles. The molecule has 0 saturated carbocycles. The average Bonchev–Trinajstić information content (AvgIpc) is 3.09. The second-order valence-corrected chi connectivity index (χ2v) is 10.4. The molecule has 0 fully saturated rings. The molecule has 44 heavy (non-hydrogen) atoms. The molecule has 4 nitrogen and oxygen atoms in total. The first kappa shape index (κ1) is 28.4. The number of aliphatic imine (C=N–C) groups is 2. The van der Waals surface area contributed by atoms with Crippen LogP contribution in [0, 0.1) is 0 Å². The lowest BCUT2D eigenvalue weighted by Gasteiger charge is -2.25. The Balaban J connectivity index is 1.65. The Kier molecular flexibility index (Phi) is 8.70. The van der Waals surface area contributed by atoms with Crippen molar-refractivity contribution in [3.8, 4) is 11.5 Å². The standard InChI is InChI=1S/C40H32N2O2/c43-35-27-15-13-25-33(35)37(29-17-5-1-6-18-29)41-39(31-21-9-3-10-22-31)40(32-23-11-4-12-24-32)42-38(30-19-7-2-8-20-30)34-26-14-16-28-36(34)44/h1-28,39-40,43-44H/t39-,40-/m0/s1. The van der Waals surface area contributed by atoms with Crippen LogP contribution in [0.3, 0.4) is 0 Å². The van der Waals surface area contributed by atoms with Crippen LogP contribution in [0.1, 0.15) is 45.5 Å². The molecule has 0 aliphatic heterocycles. The highest BCUT2D eigenvalue weighted by molar-refractivity contribution is 6.15. The summed E-state index contributed by atoms with van der Waals surface area (Å²) in [5.74, 6) is 0.307. The van der Waals surface area contributed by atoms with Crippen LogP contribution in [0.25, 0.3) is 0 Å². The van der Waals surface area contributed by atoms with Crippen LogP contribution in [-0.2, 0) is 0 Å². The van der Waals surface area contributed by atoms with Gasteiger partial charge in [-0.1, -0.05) is 146 Å². The molecule has 0 spiro atoms. The molecular formula is C40H32N2O2.